The van der Waals surface area contributed by atoms with E-state index >= 15 is 0 Å². The van der Waals surface area contributed by atoms with Crippen LogP contribution < -0.4 is 5.32 Å². The molecule has 2 aromatic carbocycles. The van der Waals surface area contributed by atoms with Crippen molar-refractivity contribution in [1.82, 2.24) is 5.32 Å². The van der Waals surface area contributed by atoms with E-state index in [4.69, 9.17) is 23.2 Å². The van der Waals surface area contributed by atoms with E-state index < -0.39 is 0 Å². The monoisotopic (exact) mass is 435 g/mol. The van der Waals surface area contributed by atoms with Crippen LogP contribution in [-0.4, -0.2) is 7.05 Å². The molecule has 1 unspecified atom stereocenters. The fourth-order valence-electron chi connectivity index (χ4n) is 2.08. The number of halogens is 4. The third-order valence-corrected chi connectivity index (χ3v) is 4.59. The molecule has 2 aromatic rings. The third kappa shape index (κ3) is 4.22. The fourth-order valence-corrected chi connectivity index (χ4v) is 3.80. The molecule has 1 nitrogen and oxygen atoms in total. The van der Waals surface area contributed by atoms with Gasteiger partial charge in [0.2, 0.25) is 0 Å². The van der Waals surface area contributed by atoms with E-state index in [1.807, 2.05) is 25.2 Å². The number of hydrogen-bond donors (Lipinski definition) is 1. The lowest BCUT2D eigenvalue weighted by molar-refractivity contribution is 0.591. The molecule has 0 aliphatic heterocycles. The predicted octanol–water partition coefficient (Wildman–Crippen LogP) is 6.02. The molecule has 0 amide bonds. The van der Waals surface area contributed by atoms with Crippen molar-refractivity contribution in [2.45, 2.75) is 12.5 Å². The highest BCUT2D eigenvalue weighted by Crippen LogP contribution is 2.29. The summed E-state index contributed by atoms with van der Waals surface area (Å²) in [5, 5.41) is 4.77. The zero-order valence-corrected chi connectivity index (χ0v) is 15.4. The molecule has 0 fully saturated rings. The number of likely N-dealkylation sites (N-methyl/N-ethyl adjacent to an activating group) is 1. The highest BCUT2D eigenvalue weighted by Gasteiger charge is 2.13. The average molecular weight is 438 g/mol. The Morgan fingerprint density at radius 3 is 2.30 bits per heavy atom. The van der Waals surface area contributed by atoms with Crippen LogP contribution in [0.2, 0.25) is 10.0 Å². The summed E-state index contributed by atoms with van der Waals surface area (Å²) in [6.07, 6.45) is 0.777. The van der Waals surface area contributed by atoms with Crippen molar-refractivity contribution in [1.29, 1.82) is 0 Å². The summed E-state index contributed by atoms with van der Waals surface area (Å²) in [4.78, 5) is 0. The van der Waals surface area contributed by atoms with Crippen LogP contribution in [-0.2, 0) is 6.42 Å². The van der Waals surface area contributed by atoms with Crippen LogP contribution in [0.15, 0.2) is 45.3 Å². The number of hydrogen-bond acceptors (Lipinski definition) is 1. The molecule has 0 aromatic heterocycles. The van der Waals surface area contributed by atoms with Crippen LogP contribution in [0, 0.1) is 0 Å². The summed E-state index contributed by atoms with van der Waals surface area (Å²) >= 11 is 19.3. The summed E-state index contributed by atoms with van der Waals surface area (Å²) < 4.78 is 2.08. The molecule has 0 saturated heterocycles. The maximum absolute atomic E-state index is 6.24. The van der Waals surface area contributed by atoms with E-state index in [9.17, 15) is 0 Å². The van der Waals surface area contributed by atoms with Gasteiger partial charge in [0.15, 0.2) is 0 Å². The minimum absolute atomic E-state index is 0.166. The zero-order chi connectivity index (χ0) is 14.7. The molecule has 0 spiro atoms. The quantitative estimate of drug-likeness (QED) is 0.616. The van der Waals surface area contributed by atoms with E-state index in [0.29, 0.717) is 5.02 Å². The first kappa shape index (κ1) is 16.3. The Bertz CT molecular complexity index is 597. The highest BCUT2D eigenvalue weighted by atomic mass is 79.9. The summed E-state index contributed by atoms with van der Waals surface area (Å²) in [6.45, 7) is 0. The van der Waals surface area contributed by atoms with Gasteiger partial charge in [-0.1, -0.05) is 55.1 Å². The van der Waals surface area contributed by atoms with E-state index in [2.05, 4.69) is 49.3 Å². The first-order valence-electron chi connectivity index (χ1n) is 6.07. The van der Waals surface area contributed by atoms with Gasteiger partial charge in [-0.05, 0) is 61.0 Å². The number of nitrogens with one attached hydrogen (secondary N) is 1. The molecule has 0 aliphatic carbocycles. The molecule has 1 atom stereocenters. The van der Waals surface area contributed by atoms with Crippen LogP contribution in [0.4, 0.5) is 0 Å². The van der Waals surface area contributed by atoms with Crippen molar-refractivity contribution < 1.29 is 0 Å². The predicted molar refractivity (Wildman–Crippen MR) is 93.8 cm³/mol. The van der Waals surface area contributed by atoms with Gasteiger partial charge < -0.3 is 5.32 Å². The minimum Gasteiger partial charge on any atom is -0.313 e. The lowest BCUT2D eigenvalue weighted by Crippen LogP contribution is -2.19. The Hall–Kier alpha value is -0.0600. The van der Waals surface area contributed by atoms with E-state index in [1.165, 1.54) is 5.56 Å². The number of rotatable bonds is 4. The lowest BCUT2D eigenvalue weighted by atomic mass is 9.99. The van der Waals surface area contributed by atoms with Crippen molar-refractivity contribution in [3.8, 4) is 0 Å². The third-order valence-electron chi connectivity index (χ3n) is 3.07. The topological polar surface area (TPSA) is 12.0 Å². The van der Waals surface area contributed by atoms with Crippen LogP contribution >= 0.6 is 55.1 Å². The minimum atomic E-state index is 0.166. The maximum atomic E-state index is 6.24. The van der Waals surface area contributed by atoms with E-state index in [-0.39, 0.29) is 6.04 Å². The van der Waals surface area contributed by atoms with Crippen LogP contribution in [0.1, 0.15) is 17.2 Å². The smallest absolute Gasteiger partial charge is 0.0439 e. The Morgan fingerprint density at radius 2 is 1.70 bits per heavy atom. The number of benzene rings is 2. The molecule has 20 heavy (non-hydrogen) atoms. The van der Waals surface area contributed by atoms with Crippen LogP contribution in [0.25, 0.3) is 0 Å². The molecule has 106 valence electrons. The Kier molecular flexibility index (Phi) is 5.94. The van der Waals surface area contributed by atoms with Crippen molar-refractivity contribution in [3.05, 3.63) is 66.5 Å². The van der Waals surface area contributed by atoms with Gasteiger partial charge in [-0.3, -0.25) is 0 Å². The summed E-state index contributed by atoms with van der Waals surface area (Å²) in [6, 6.07) is 11.9. The molecule has 0 aliphatic rings. The van der Waals surface area contributed by atoms with Gasteiger partial charge in [0.1, 0.15) is 0 Å². The van der Waals surface area contributed by atoms with Crippen LogP contribution in [0.5, 0.6) is 0 Å². The van der Waals surface area contributed by atoms with Gasteiger partial charge in [0.05, 0.1) is 0 Å². The summed E-state index contributed by atoms with van der Waals surface area (Å²) in [7, 11) is 1.94. The fraction of sp³-hybridized carbons (Fsp3) is 0.200. The SMILES string of the molecule is CNC(Cc1cc(Cl)ccc1Cl)c1cc(Br)cc(Br)c1. The molecule has 0 heterocycles. The molecular weight excluding hydrogens is 425 g/mol. The second-order valence-electron chi connectivity index (χ2n) is 4.48. The molecule has 2 rings (SSSR count). The first-order chi connectivity index (χ1) is 9.49. The van der Waals surface area contributed by atoms with E-state index in [0.717, 1.165) is 26.0 Å². The van der Waals surface area contributed by atoms with Gasteiger partial charge in [-0.15, -0.1) is 0 Å². The zero-order valence-electron chi connectivity index (χ0n) is 10.8. The Balaban J connectivity index is 2.30. The van der Waals surface area contributed by atoms with Gasteiger partial charge in [0, 0.05) is 25.0 Å². The largest absolute Gasteiger partial charge is 0.313 e. The normalized spacial score (nSPS) is 12.4. The molecule has 0 radical (unpaired) electrons. The summed E-state index contributed by atoms with van der Waals surface area (Å²) in [5.41, 5.74) is 2.22. The molecule has 5 heteroatoms. The maximum Gasteiger partial charge on any atom is 0.0439 e. The lowest BCUT2D eigenvalue weighted by Gasteiger charge is -2.18. The van der Waals surface area contributed by atoms with Crippen molar-refractivity contribution >= 4 is 55.1 Å². The highest BCUT2D eigenvalue weighted by molar-refractivity contribution is 9.11. The molecular formula is C15H13Br2Cl2N. The Morgan fingerprint density at radius 1 is 1.05 bits per heavy atom. The van der Waals surface area contributed by atoms with Crippen molar-refractivity contribution in [2.75, 3.05) is 7.05 Å². The Labute approximate surface area is 145 Å². The van der Waals surface area contributed by atoms with Gasteiger partial charge in [-0.25, -0.2) is 0 Å². The molecule has 1 N–H and O–H groups in total. The first-order valence-corrected chi connectivity index (χ1v) is 8.41. The second-order valence-corrected chi connectivity index (χ2v) is 7.16. The standard InChI is InChI=1S/C15H13Br2Cl2N/c1-20-15(10-4-11(16)8-12(17)5-10)7-9-6-13(18)2-3-14(9)19/h2-6,8,15,20H,7H2,1H3. The second kappa shape index (κ2) is 7.28. The molecule has 0 saturated carbocycles. The van der Waals surface area contributed by atoms with Crippen LogP contribution in [0.3, 0.4) is 0 Å². The van der Waals surface area contributed by atoms with Gasteiger partial charge >= 0.3 is 0 Å². The summed E-state index contributed by atoms with van der Waals surface area (Å²) in [5.74, 6) is 0. The van der Waals surface area contributed by atoms with Gasteiger partial charge in [0.25, 0.3) is 0 Å². The average Bonchev–Trinajstić information content (AvgIpc) is 2.38. The molecule has 0 bridgehead atoms. The van der Waals surface area contributed by atoms with Crippen molar-refractivity contribution in [3.63, 3.8) is 0 Å². The van der Waals surface area contributed by atoms with E-state index in [1.54, 1.807) is 6.07 Å². The van der Waals surface area contributed by atoms with Crippen molar-refractivity contribution in [2.24, 2.45) is 0 Å². The van der Waals surface area contributed by atoms with Gasteiger partial charge in [-0.2, -0.15) is 0 Å².